The molecular weight excluding hydrogens is 256 g/mol. The Kier molecular flexibility index (Phi) is 4.09. The third kappa shape index (κ3) is 2.93. The van der Waals surface area contributed by atoms with Gasteiger partial charge < -0.3 is 5.11 Å². The molecule has 15 heavy (non-hydrogen) atoms. The normalized spacial score (nSPS) is 12.2. The van der Waals surface area contributed by atoms with E-state index >= 15 is 0 Å². The molecule has 3 heteroatoms. The molecule has 0 bridgehead atoms. The zero-order chi connectivity index (χ0) is 11.4. The van der Waals surface area contributed by atoms with Gasteiger partial charge in [-0.3, -0.25) is 0 Å². The average molecular weight is 269 g/mol. The highest BCUT2D eigenvalue weighted by atomic mass is 79.9. The third-order valence-corrected chi connectivity index (χ3v) is 2.85. The van der Waals surface area contributed by atoms with Crippen molar-refractivity contribution in [2.45, 2.75) is 20.3 Å². The first kappa shape index (κ1) is 12.0. The van der Waals surface area contributed by atoms with Crippen molar-refractivity contribution >= 4 is 27.5 Å². The van der Waals surface area contributed by atoms with Crippen LogP contribution in [0.5, 0.6) is 0 Å². The molecule has 0 saturated heterocycles. The first-order valence-electron chi connectivity index (χ1n) is 4.75. The van der Waals surface area contributed by atoms with E-state index in [9.17, 15) is 4.79 Å². The summed E-state index contributed by atoms with van der Waals surface area (Å²) in [4.78, 5) is 10.9. The van der Waals surface area contributed by atoms with Crippen LogP contribution in [0.1, 0.15) is 25.8 Å². The summed E-state index contributed by atoms with van der Waals surface area (Å²) in [7, 11) is 0. The minimum Gasteiger partial charge on any atom is -0.478 e. The van der Waals surface area contributed by atoms with Gasteiger partial charge in [0.2, 0.25) is 0 Å². The largest absolute Gasteiger partial charge is 0.478 e. The van der Waals surface area contributed by atoms with E-state index in [0.29, 0.717) is 5.57 Å². The quantitative estimate of drug-likeness (QED) is 0.849. The van der Waals surface area contributed by atoms with Crippen LogP contribution in [0.25, 0.3) is 5.57 Å². The molecule has 1 rings (SSSR count). The summed E-state index contributed by atoms with van der Waals surface area (Å²) in [6, 6.07) is 7.69. The molecule has 1 aromatic carbocycles. The Bertz CT molecular complexity index is 391. The van der Waals surface area contributed by atoms with E-state index in [4.69, 9.17) is 5.11 Å². The molecule has 2 nitrogen and oxygen atoms in total. The number of benzene rings is 1. The van der Waals surface area contributed by atoms with E-state index in [1.165, 1.54) is 0 Å². The van der Waals surface area contributed by atoms with Crippen molar-refractivity contribution < 1.29 is 9.90 Å². The van der Waals surface area contributed by atoms with E-state index in [1.807, 2.05) is 31.2 Å². The molecule has 0 heterocycles. The molecule has 0 saturated carbocycles. The van der Waals surface area contributed by atoms with Crippen molar-refractivity contribution in [2.75, 3.05) is 0 Å². The fourth-order valence-electron chi connectivity index (χ4n) is 1.47. The molecule has 1 N–H and O–H groups in total. The number of hydrogen-bond acceptors (Lipinski definition) is 1. The highest BCUT2D eigenvalue weighted by Gasteiger charge is 2.09. The van der Waals surface area contributed by atoms with Gasteiger partial charge in [-0.15, -0.1) is 0 Å². The lowest BCUT2D eigenvalue weighted by Crippen LogP contribution is -2.00. The van der Waals surface area contributed by atoms with Crippen molar-refractivity contribution in [3.63, 3.8) is 0 Å². The van der Waals surface area contributed by atoms with Crippen LogP contribution in [0, 0.1) is 0 Å². The van der Waals surface area contributed by atoms with Crippen molar-refractivity contribution in [1.29, 1.82) is 0 Å². The summed E-state index contributed by atoms with van der Waals surface area (Å²) in [6.45, 7) is 3.60. The lowest BCUT2D eigenvalue weighted by molar-refractivity contribution is -0.132. The predicted octanol–water partition coefficient (Wildman–Crippen LogP) is 3.72. The van der Waals surface area contributed by atoms with Crippen LogP contribution in [0.3, 0.4) is 0 Å². The zero-order valence-electron chi connectivity index (χ0n) is 8.75. The van der Waals surface area contributed by atoms with Crippen molar-refractivity contribution in [3.05, 3.63) is 39.9 Å². The van der Waals surface area contributed by atoms with E-state index < -0.39 is 5.97 Å². The molecule has 0 aliphatic rings. The van der Waals surface area contributed by atoms with Crippen molar-refractivity contribution in [3.8, 4) is 0 Å². The molecule has 0 aromatic heterocycles. The molecule has 0 aliphatic heterocycles. The maximum atomic E-state index is 10.9. The van der Waals surface area contributed by atoms with Gasteiger partial charge in [0.15, 0.2) is 0 Å². The smallest absolute Gasteiger partial charge is 0.331 e. The molecule has 0 fully saturated rings. The number of carboxylic acid groups (broad SMARTS) is 1. The Labute approximate surface area is 97.8 Å². The number of carbonyl (C=O) groups is 1. The summed E-state index contributed by atoms with van der Waals surface area (Å²) in [5.41, 5.74) is 2.27. The molecular formula is C12H13BrO2. The molecule has 0 aliphatic carbocycles. The first-order chi connectivity index (χ1) is 7.06. The first-order valence-corrected chi connectivity index (χ1v) is 5.54. The second-order valence-electron chi connectivity index (χ2n) is 3.27. The molecule has 1 aromatic rings. The summed E-state index contributed by atoms with van der Waals surface area (Å²) in [6.07, 6.45) is 0.722. The maximum absolute atomic E-state index is 10.9. The van der Waals surface area contributed by atoms with E-state index in [-0.39, 0.29) is 0 Å². The molecule has 0 unspecified atom stereocenters. The monoisotopic (exact) mass is 268 g/mol. The van der Waals surface area contributed by atoms with Crippen LogP contribution >= 0.6 is 15.9 Å². The van der Waals surface area contributed by atoms with Gasteiger partial charge in [0.1, 0.15) is 0 Å². The van der Waals surface area contributed by atoms with Gasteiger partial charge in [-0.1, -0.05) is 35.0 Å². The zero-order valence-corrected chi connectivity index (χ0v) is 10.3. The number of halogens is 1. The van der Waals surface area contributed by atoms with Gasteiger partial charge in [0.25, 0.3) is 0 Å². The Hall–Kier alpha value is -1.09. The maximum Gasteiger partial charge on any atom is 0.331 e. The lowest BCUT2D eigenvalue weighted by Gasteiger charge is -2.07. The number of hydrogen-bond donors (Lipinski definition) is 1. The second kappa shape index (κ2) is 5.12. The highest BCUT2D eigenvalue weighted by molar-refractivity contribution is 9.10. The number of allylic oxidation sites excluding steroid dienone is 1. The van der Waals surface area contributed by atoms with Crippen LogP contribution in [0.4, 0.5) is 0 Å². The Morgan fingerprint density at radius 1 is 1.33 bits per heavy atom. The number of rotatable bonds is 3. The van der Waals surface area contributed by atoms with Crippen LogP contribution in [0.15, 0.2) is 34.3 Å². The number of aliphatic carboxylic acids is 1. The third-order valence-electron chi connectivity index (χ3n) is 2.32. The minimum absolute atomic E-state index is 0.417. The second-order valence-corrected chi connectivity index (χ2v) is 4.18. The molecule has 0 spiro atoms. The summed E-state index contributed by atoms with van der Waals surface area (Å²) >= 11 is 3.35. The van der Waals surface area contributed by atoms with Gasteiger partial charge >= 0.3 is 5.97 Å². The van der Waals surface area contributed by atoms with Crippen molar-refractivity contribution in [1.82, 2.24) is 0 Å². The van der Waals surface area contributed by atoms with Gasteiger partial charge in [-0.2, -0.15) is 0 Å². The van der Waals surface area contributed by atoms with Gasteiger partial charge in [0, 0.05) is 10.0 Å². The summed E-state index contributed by atoms with van der Waals surface area (Å²) in [5, 5.41) is 8.93. The van der Waals surface area contributed by atoms with Gasteiger partial charge in [-0.05, 0) is 36.6 Å². The SMILES string of the molecule is CC/C(=C(/C)C(=O)O)c1ccc(Br)cc1. The molecule has 0 atom stereocenters. The van der Waals surface area contributed by atoms with Crippen LogP contribution in [-0.2, 0) is 4.79 Å². The fourth-order valence-corrected chi connectivity index (χ4v) is 1.73. The minimum atomic E-state index is -0.852. The van der Waals surface area contributed by atoms with Crippen molar-refractivity contribution in [2.24, 2.45) is 0 Å². The fraction of sp³-hybridized carbons (Fsp3) is 0.250. The summed E-state index contributed by atoms with van der Waals surface area (Å²) in [5.74, 6) is -0.852. The van der Waals surface area contributed by atoms with Crippen LogP contribution in [-0.4, -0.2) is 11.1 Å². The lowest BCUT2D eigenvalue weighted by atomic mass is 9.98. The Balaban J connectivity index is 3.19. The van der Waals surface area contributed by atoms with Crippen LogP contribution in [0.2, 0.25) is 0 Å². The average Bonchev–Trinajstić information content (AvgIpc) is 2.21. The van der Waals surface area contributed by atoms with E-state index in [1.54, 1.807) is 6.92 Å². The topological polar surface area (TPSA) is 37.3 Å². The van der Waals surface area contributed by atoms with Gasteiger partial charge in [-0.25, -0.2) is 4.79 Å². The van der Waals surface area contributed by atoms with E-state index in [2.05, 4.69) is 15.9 Å². The van der Waals surface area contributed by atoms with Crippen LogP contribution < -0.4 is 0 Å². The highest BCUT2D eigenvalue weighted by Crippen LogP contribution is 2.23. The standard InChI is InChI=1S/C12H13BrO2/c1-3-11(8(2)12(14)15)9-4-6-10(13)7-5-9/h4-7H,3H2,1-2H3,(H,14,15)/b11-8+. The number of carboxylic acids is 1. The molecule has 0 radical (unpaired) electrons. The predicted molar refractivity (Wildman–Crippen MR) is 64.7 cm³/mol. The molecule has 0 amide bonds. The Morgan fingerprint density at radius 3 is 2.27 bits per heavy atom. The Morgan fingerprint density at radius 2 is 1.87 bits per heavy atom. The van der Waals surface area contributed by atoms with Gasteiger partial charge in [0.05, 0.1) is 0 Å². The summed E-state index contributed by atoms with van der Waals surface area (Å²) < 4.78 is 0.995. The van der Waals surface area contributed by atoms with E-state index in [0.717, 1.165) is 22.0 Å². The molecule has 80 valence electrons.